The summed E-state index contributed by atoms with van der Waals surface area (Å²) in [5.74, 6) is -0.674. The van der Waals surface area contributed by atoms with E-state index < -0.39 is 33.6 Å². The van der Waals surface area contributed by atoms with Crippen LogP contribution in [0.4, 0.5) is 0 Å². The van der Waals surface area contributed by atoms with Crippen LogP contribution in [0, 0.1) is 0 Å². The first-order valence-electron chi connectivity index (χ1n) is 9.56. The molecule has 0 aliphatic heterocycles. The first kappa shape index (κ1) is 28.6. The van der Waals surface area contributed by atoms with Crippen LogP contribution in [-0.2, 0) is 39.2 Å². The third kappa shape index (κ3) is 12.4. The molecule has 1 aromatic rings. The molecule has 33 heavy (non-hydrogen) atoms. The summed E-state index contributed by atoms with van der Waals surface area (Å²) in [5.41, 5.74) is 0.501. The van der Waals surface area contributed by atoms with E-state index in [1.807, 2.05) is 0 Å². The highest BCUT2D eigenvalue weighted by Gasteiger charge is 2.21. The second kappa shape index (κ2) is 15.4. The highest BCUT2D eigenvalue weighted by molar-refractivity contribution is 8.14. The Morgan fingerprint density at radius 3 is 2.52 bits per heavy atom. The highest BCUT2D eigenvalue weighted by atomic mass is 32.2. The summed E-state index contributed by atoms with van der Waals surface area (Å²) in [4.78, 5) is 25.1. The van der Waals surface area contributed by atoms with Crippen molar-refractivity contribution in [3.8, 4) is 0 Å². The lowest BCUT2D eigenvalue weighted by molar-refractivity contribution is -0.140. The summed E-state index contributed by atoms with van der Waals surface area (Å²) in [6.45, 7) is 1.66. The molecule has 1 N–H and O–H groups in total. The van der Waals surface area contributed by atoms with E-state index in [4.69, 9.17) is 9.94 Å². The Labute approximate surface area is 201 Å². The molecule has 14 heteroatoms. The SMILES string of the molecule is COC(=O)/C(=N/OS(=O)(=O)Cc1ccccc1)N(C)CCOC(=O)CSCCS/C(C)=N\O. The largest absolute Gasteiger partial charge is 0.463 e. The van der Waals surface area contributed by atoms with E-state index in [-0.39, 0.29) is 18.9 Å². The second-order valence-electron chi connectivity index (χ2n) is 6.33. The number of oxime groups is 2. The quantitative estimate of drug-likeness (QED) is 0.107. The Bertz CT molecular complexity index is 923. The molecular weight excluding hydrogens is 494 g/mol. The number of rotatable bonds is 12. The van der Waals surface area contributed by atoms with E-state index in [9.17, 15) is 18.0 Å². The van der Waals surface area contributed by atoms with Crippen molar-refractivity contribution < 1.29 is 37.0 Å². The monoisotopic (exact) mass is 521 g/mol. The van der Waals surface area contributed by atoms with Gasteiger partial charge in [0.05, 0.1) is 19.4 Å². The predicted molar refractivity (Wildman–Crippen MR) is 128 cm³/mol. The topological polar surface area (TPSA) is 144 Å². The minimum atomic E-state index is -4.09. The molecule has 0 spiro atoms. The van der Waals surface area contributed by atoms with E-state index in [1.54, 1.807) is 37.3 Å². The number of nitrogens with zero attached hydrogens (tertiary/aromatic N) is 3. The Balaban J connectivity index is 2.51. The molecule has 0 heterocycles. The molecule has 0 atom stereocenters. The molecule has 1 aromatic carbocycles. The van der Waals surface area contributed by atoms with Crippen molar-refractivity contribution in [3.05, 3.63) is 35.9 Å². The van der Waals surface area contributed by atoms with Crippen molar-refractivity contribution in [3.63, 3.8) is 0 Å². The molecule has 0 saturated heterocycles. The molecule has 0 radical (unpaired) electrons. The third-order valence-electron chi connectivity index (χ3n) is 3.74. The fourth-order valence-corrected chi connectivity index (χ4v) is 4.52. The average Bonchev–Trinajstić information content (AvgIpc) is 2.78. The number of thioether (sulfide) groups is 2. The fourth-order valence-electron chi connectivity index (χ4n) is 2.13. The van der Waals surface area contributed by atoms with Gasteiger partial charge in [0.1, 0.15) is 17.4 Å². The van der Waals surface area contributed by atoms with Crippen molar-refractivity contribution >= 4 is 56.5 Å². The Kier molecular flexibility index (Phi) is 13.3. The van der Waals surface area contributed by atoms with Crippen LogP contribution in [0.5, 0.6) is 0 Å². The molecule has 0 unspecified atom stereocenters. The van der Waals surface area contributed by atoms with Gasteiger partial charge in [-0.2, -0.15) is 8.42 Å². The molecule has 0 aliphatic carbocycles. The van der Waals surface area contributed by atoms with E-state index >= 15 is 0 Å². The van der Waals surface area contributed by atoms with E-state index in [0.29, 0.717) is 22.1 Å². The molecule has 0 amide bonds. The first-order chi connectivity index (χ1) is 15.7. The number of carbonyl (C=O) groups is 2. The summed E-state index contributed by atoms with van der Waals surface area (Å²) >= 11 is 2.74. The number of amidine groups is 1. The summed E-state index contributed by atoms with van der Waals surface area (Å²) < 4.78 is 38.7. The summed E-state index contributed by atoms with van der Waals surface area (Å²) in [5, 5.41) is 15.6. The summed E-state index contributed by atoms with van der Waals surface area (Å²) in [7, 11) is -1.52. The minimum Gasteiger partial charge on any atom is -0.463 e. The molecule has 184 valence electrons. The number of methoxy groups -OCH3 is 1. The predicted octanol–water partition coefficient (Wildman–Crippen LogP) is 1.77. The van der Waals surface area contributed by atoms with Crippen LogP contribution in [0.1, 0.15) is 12.5 Å². The van der Waals surface area contributed by atoms with Crippen molar-refractivity contribution in [2.75, 3.05) is 44.6 Å². The summed E-state index contributed by atoms with van der Waals surface area (Å²) in [6.07, 6.45) is 0. The van der Waals surface area contributed by atoms with Gasteiger partial charge in [-0.25, -0.2) is 4.79 Å². The standard InChI is InChI=1S/C19H27N3O8S3/c1-15(20-25)32-12-11-31-13-17(23)29-10-9-22(2)18(19(24)28-3)21-30-33(26,27)14-16-7-5-4-6-8-16/h4-8,25H,9-14H2,1-3H3/b20-15-,21-18-. The van der Waals surface area contributed by atoms with E-state index in [2.05, 4.69) is 19.3 Å². The van der Waals surface area contributed by atoms with Crippen LogP contribution in [0.2, 0.25) is 0 Å². The average molecular weight is 522 g/mol. The molecule has 1 rings (SSSR count). The van der Waals surface area contributed by atoms with Gasteiger partial charge in [0.2, 0.25) is 0 Å². The van der Waals surface area contributed by atoms with E-state index in [1.165, 1.54) is 35.5 Å². The Morgan fingerprint density at radius 1 is 1.18 bits per heavy atom. The van der Waals surface area contributed by atoms with Gasteiger partial charge < -0.3 is 19.6 Å². The van der Waals surface area contributed by atoms with Gasteiger partial charge >= 0.3 is 22.1 Å². The summed E-state index contributed by atoms with van der Waals surface area (Å²) in [6, 6.07) is 8.36. The van der Waals surface area contributed by atoms with Gasteiger partial charge in [0.25, 0.3) is 5.84 Å². The van der Waals surface area contributed by atoms with Crippen LogP contribution in [-0.4, -0.2) is 85.9 Å². The maximum Gasteiger partial charge on any atom is 0.377 e. The van der Waals surface area contributed by atoms with Gasteiger partial charge in [0.15, 0.2) is 0 Å². The highest BCUT2D eigenvalue weighted by Crippen LogP contribution is 2.10. The number of carbonyl (C=O) groups excluding carboxylic acids is 2. The van der Waals surface area contributed by atoms with Crippen LogP contribution >= 0.6 is 23.5 Å². The number of hydrogen-bond donors (Lipinski definition) is 1. The molecular formula is C19H27N3O8S3. The molecule has 0 fully saturated rings. The third-order valence-corrected chi connectivity index (χ3v) is 6.83. The van der Waals surface area contributed by atoms with Crippen LogP contribution in [0.3, 0.4) is 0 Å². The van der Waals surface area contributed by atoms with Crippen molar-refractivity contribution in [1.82, 2.24) is 4.90 Å². The van der Waals surface area contributed by atoms with Gasteiger partial charge in [-0.3, -0.25) is 9.08 Å². The minimum absolute atomic E-state index is 0.0500. The van der Waals surface area contributed by atoms with Crippen LogP contribution in [0.25, 0.3) is 0 Å². The van der Waals surface area contributed by atoms with Crippen LogP contribution < -0.4 is 0 Å². The zero-order valence-corrected chi connectivity index (χ0v) is 21.0. The normalized spacial score (nSPS) is 12.2. The molecule has 11 nitrogen and oxygen atoms in total. The maximum atomic E-state index is 12.2. The zero-order chi connectivity index (χ0) is 24.7. The van der Waals surface area contributed by atoms with Crippen molar-refractivity contribution in [2.45, 2.75) is 12.7 Å². The van der Waals surface area contributed by atoms with Gasteiger partial charge in [-0.05, 0) is 17.6 Å². The smallest absolute Gasteiger partial charge is 0.377 e. The number of esters is 2. The molecule has 0 saturated carbocycles. The van der Waals surface area contributed by atoms with Crippen molar-refractivity contribution in [1.29, 1.82) is 0 Å². The van der Waals surface area contributed by atoms with Gasteiger partial charge in [0, 0.05) is 18.6 Å². The Hall–Kier alpha value is -2.45. The van der Waals surface area contributed by atoms with Crippen LogP contribution in [0.15, 0.2) is 40.6 Å². The lowest BCUT2D eigenvalue weighted by Gasteiger charge is -2.18. The first-order valence-corrected chi connectivity index (χ1v) is 13.3. The number of benzene rings is 1. The Morgan fingerprint density at radius 2 is 1.88 bits per heavy atom. The van der Waals surface area contributed by atoms with Gasteiger partial charge in [-0.1, -0.05) is 35.5 Å². The molecule has 0 bridgehead atoms. The van der Waals surface area contributed by atoms with E-state index in [0.717, 1.165) is 7.11 Å². The van der Waals surface area contributed by atoms with Gasteiger partial charge in [-0.15, -0.1) is 23.5 Å². The number of hydrogen-bond acceptors (Lipinski definition) is 12. The number of ether oxygens (including phenoxy) is 2. The maximum absolute atomic E-state index is 12.2. The number of likely N-dealkylation sites (N-methyl/N-ethyl adjacent to an activating group) is 1. The lowest BCUT2D eigenvalue weighted by atomic mass is 10.2. The second-order valence-corrected chi connectivity index (χ2v) is 10.3. The van der Waals surface area contributed by atoms with Crippen molar-refractivity contribution in [2.24, 2.45) is 10.3 Å². The lowest BCUT2D eigenvalue weighted by Crippen LogP contribution is -2.37. The molecule has 0 aliphatic rings. The molecule has 0 aromatic heterocycles. The fraction of sp³-hybridized carbons (Fsp3) is 0.474. The zero-order valence-electron chi connectivity index (χ0n) is 18.5.